The number of amides is 2. The Morgan fingerprint density at radius 3 is 2.39 bits per heavy atom. The number of carbonyl (C=O) groups excluding carboxylic acids is 2. The topological polar surface area (TPSA) is 89.5 Å². The van der Waals surface area contributed by atoms with Crippen LogP contribution in [-0.4, -0.2) is 61.6 Å². The molecule has 3 rings (SSSR count). The predicted octanol–water partition coefficient (Wildman–Crippen LogP) is 3.93. The van der Waals surface area contributed by atoms with Crippen molar-refractivity contribution in [2.75, 3.05) is 39.8 Å². The Labute approximate surface area is 198 Å². The first-order valence-electron chi connectivity index (χ1n) is 10.5. The number of rotatable bonds is 9. The Balaban J connectivity index is 1.75. The third-order valence-electron chi connectivity index (χ3n) is 5.01. The first-order chi connectivity index (χ1) is 15.8. The van der Waals surface area contributed by atoms with E-state index in [0.717, 1.165) is 16.8 Å². The standard InChI is InChI=1S/C24H29N3O5S/c1-15-10-16(2)12-18(11-15)26-24-27(8-9-30-3)23(29)21(33-24)14-22(28)25-17-6-7-19(31-4)20(13-17)32-5/h6-7,10-13,21H,8-9,14H2,1-5H3,(H,25,28). The van der Waals surface area contributed by atoms with Gasteiger partial charge in [-0.15, -0.1) is 0 Å². The minimum Gasteiger partial charge on any atom is -0.493 e. The fourth-order valence-electron chi connectivity index (χ4n) is 3.53. The molecular weight excluding hydrogens is 442 g/mol. The molecule has 2 aromatic rings. The summed E-state index contributed by atoms with van der Waals surface area (Å²) in [6.45, 7) is 4.77. The van der Waals surface area contributed by atoms with E-state index >= 15 is 0 Å². The molecule has 0 aliphatic carbocycles. The molecule has 2 amide bonds. The van der Waals surface area contributed by atoms with Gasteiger partial charge in [0.1, 0.15) is 5.25 Å². The van der Waals surface area contributed by atoms with Gasteiger partial charge in [-0.25, -0.2) is 4.99 Å². The number of hydrogen-bond donors (Lipinski definition) is 1. The third-order valence-corrected chi connectivity index (χ3v) is 6.18. The number of anilines is 1. The van der Waals surface area contributed by atoms with Gasteiger partial charge in [-0.1, -0.05) is 17.8 Å². The summed E-state index contributed by atoms with van der Waals surface area (Å²) in [6, 6.07) is 11.1. The van der Waals surface area contributed by atoms with E-state index in [-0.39, 0.29) is 18.2 Å². The van der Waals surface area contributed by atoms with Gasteiger partial charge < -0.3 is 19.5 Å². The van der Waals surface area contributed by atoms with Crippen molar-refractivity contribution in [3.63, 3.8) is 0 Å². The predicted molar refractivity (Wildman–Crippen MR) is 131 cm³/mol. The molecule has 1 saturated heterocycles. The van der Waals surface area contributed by atoms with Crippen LogP contribution in [0.4, 0.5) is 11.4 Å². The molecule has 0 bridgehead atoms. The van der Waals surface area contributed by atoms with Gasteiger partial charge >= 0.3 is 0 Å². The Hall–Kier alpha value is -3.04. The molecule has 0 spiro atoms. The van der Waals surface area contributed by atoms with E-state index in [1.807, 2.05) is 26.0 Å². The van der Waals surface area contributed by atoms with E-state index in [4.69, 9.17) is 19.2 Å². The minimum absolute atomic E-state index is 0.0210. The van der Waals surface area contributed by atoms with Gasteiger partial charge in [0.15, 0.2) is 16.7 Å². The lowest BCUT2D eigenvalue weighted by molar-refractivity contribution is -0.128. The number of nitrogens with one attached hydrogen (secondary N) is 1. The third kappa shape index (κ3) is 6.27. The number of methoxy groups -OCH3 is 3. The van der Waals surface area contributed by atoms with Gasteiger partial charge in [-0.05, 0) is 49.2 Å². The molecule has 0 saturated carbocycles. The van der Waals surface area contributed by atoms with Gasteiger partial charge in [0.05, 0.1) is 33.1 Å². The SMILES string of the molecule is COCCN1C(=O)C(CC(=O)Nc2ccc(OC)c(OC)c2)SC1=Nc1cc(C)cc(C)c1. The fourth-order valence-corrected chi connectivity index (χ4v) is 4.72. The number of amidine groups is 1. The summed E-state index contributed by atoms with van der Waals surface area (Å²) in [5, 5.41) is 2.84. The van der Waals surface area contributed by atoms with Crippen LogP contribution < -0.4 is 14.8 Å². The van der Waals surface area contributed by atoms with Crippen LogP contribution in [0.1, 0.15) is 17.5 Å². The number of hydrogen-bond acceptors (Lipinski definition) is 7. The molecule has 1 heterocycles. The van der Waals surface area contributed by atoms with Crippen LogP contribution >= 0.6 is 11.8 Å². The monoisotopic (exact) mass is 471 g/mol. The second kappa shape index (κ2) is 11.2. The zero-order valence-electron chi connectivity index (χ0n) is 19.5. The van der Waals surface area contributed by atoms with E-state index in [2.05, 4.69) is 11.4 Å². The van der Waals surface area contributed by atoms with Crippen molar-refractivity contribution in [3.05, 3.63) is 47.5 Å². The maximum absolute atomic E-state index is 13.1. The van der Waals surface area contributed by atoms with Gasteiger partial charge in [0.2, 0.25) is 11.8 Å². The summed E-state index contributed by atoms with van der Waals surface area (Å²) in [7, 11) is 4.66. The highest BCUT2D eigenvalue weighted by atomic mass is 32.2. The summed E-state index contributed by atoms with van der Waals surface area (Å²) in [5.74, 6) is 0.656. The second-order valence-corrected chi connectivity index (χ2v) is 8.82. The fraction of sp³-hybridized carbons (Fsp3) is 0.375. The van der Waals surface area contributed by atoms with Crippen LogP contribution in [0.2, 0.25) is 0 Å². The molecule has 8 nitrogen and oxygen atoms in total. The van der Waals surface area contributed by atoms with E-state index in [1.165, 1.54) is 18.9 Å². The van der Waals surface area contributed by atoms with Crippen LogP contribution in [0.5, 0.6) is 11.5 Å². The van der Waals surface area contributed by atoms with Gasteiger partial charge in [-0.2, -0.15) is 0 Å². The molecule has 1 unspecified atom stereocenters. The van der Waals surface area contributed by atoms with Crippen molar-refractivity contribution in [3.8, 4) is 11.5 Å². The molecule has 1 aliphatic rings. The van der Waals surface area contributed by atoms with Crippen molar-refractivity contribution in [2.45, 2.75) is 25.5 Å². The lowest BCUT2D eigenvalue weighted by Gasteiger charge is -2.16. The average molecular weight is 472 g/mol. The highest BCUT2D eigenvalue weighted by molar-refractivity contribution is 8.15. The molecule has 2 aromatic carbocycles. The largest absolute Gasteiger partial charge is 0.493 e. The first kappa shape index (κ1) is 24.6. The summed E-state index contributed by atoms with van der Waals surface area (Å²) in [5.41, 5.74) is 3.53. The lowest BCUT2D eigenvalue weighted by atomic mass is 10.1. The van der Waals surface area contributed by atoms with Crippen molar-refractivity contribution in [1.82, 2.24) is 4.90 Å². The lowest BCUT2D eigenvalue weighted by Crippen LogP contribution is -2.35. The first-order valence-corrected chi connectivity index (χ1v) is 11.4. The zero-order valence-corrected chi connectivity index (χ0v) is 20.3. The molecular formula is C24H29N3O5S. The van der Waals surface area contributed by atoms with Gasteiger partial charge in [0, 0.05) is 25.3 Å². The highest BCUT2D eigenvalue weighted by Gasteiger charge is 2.39. The maximum atomic E-state index is 13.1. The quantitative estimate of drug-likeness (QED) is 0.596. The van der Waals surface area contributed by atoms with E-state index in [0.29, 0.717) is 35.5 Å². The van der Waals surface area contributed by atoms with Crippen molar-refractivity contribution < 1.29 is 23.8 Å². The number of thioether (sulfide) groups is 1. The molecule has 176 valence electrons. The molecule has 1 fully saturated rings. The van der Waals surface area contributed by atoms with Crippen LogP contribution in [-0.2, 0) is 14.3 Å². The number of nitrogens with zero attached hydrogens (tertiary/aromatic N) is 2. The van der Waals surface area contributed by atoms with E-state index < -0.39 is 5.25 Å². The minimum atomic E-state index is -0.563. The number of ether oxygens (including phenoxy) is 3. The second-order valence-electron chi connectivity index (χ2n) is 7.65. The number of aliphatic imine (C=N–C) groups is 1. The number of aryl methyl sites for hydroxylation is 2. The van der Waals surface area contributed by atoms with Crippen molar-refractivity contribution >= 4 is 40.1 Å². The Bertz CT molecular complexity index is 1040. The Kier molecular flexibility index (Phi) is 8.35. The van der Waals surface area contributed by atoms with Crippen LogP contribution in [0.3, 0.4) is 0 Å². The molecule has 1 N–H and O–H groups in total. The van der Waals surface area contributed by atoms with Gasteiger partial charge in [-0.3, -0.25) is 14.5 Å². The van der Waals surface area contributed by atoms with Crippen molar-refractivity contribution in [2.24, 2.45) is 4.99 Å². The molecule has 1 atom stereocenters. The van der Waals surface area contributed by atoms with Crippen molar-refractivity contribution in [1.29, 1.82) is 0 Å². The van der Waals surface area contributed by atoms with Crippen LogP contribution in [0.25, 0.3) is 0 Å². The molecule has 1 aliphatic heterocycles. The summed E-state index contributed by atoms with van der Waals surface area (Å²) < 4.78 is 15.7. The van der Waals surface area contributed by atoms with E-state index in [1.54, 1.807) is 37.3 Å². The van der Waals surface area contributed by atoms with E-state index in [9.17, 15) is 9.59 Å². The van der Waals surface area contributed by atoms with Crippen LogP contribution in [0, 0.1) is 13.8 Å². The number of carbonyl (C=O) groups is 2. The highest BCUT2D eigenvalue weighted by Crippen LogP contribution is 2.33. The molecule has 0 aromatic heterocycles. The molecule has 33 heavy (non-hydrogen) atoms. The maximum Gasteiger partial charge on any atom is 0.242 e. The Morgan fingerprint density at radius 1 is 1.06 bits per heavy atom. The summed E-state index contributed by atoms with van der Waals surface area (Å²) in [4.78, 5) is 32.1. The van der Waals surface area contributed by atoms with Crippen LogP contribution in [0.15, 0.2) is 41.4 Å². The van der Waals surface area contributed by atoms with Gasteiger partial charge in [0.25, 0.3) is 0 Å². The summed E-state index contributed by atoms with van der Waals surface area (Å²) in [6.07, 6.45) is 0.0210. The number of benzene rings is 2. The zero-order chi connectivity index (χ0) is 24.0. The summed E-state index contributed by atoms with van der Waals surface area (Å²) >= 11 is 1.30. The Morgan fingerprint density at radius 2 is 1.76 bits per heavy atom. The smallest absolute Gasteiger partial charge is 0.242 e. The molecule has 9 heteroatoms. The normalized spacial score (nSPS) is 16.9. The molecule has 0 radical (unpaired) electrons. The average Bonchev–Trinajstić information content (AvgIpc) is 3.05.